The molecule has 4 unspecified atom stereocenters. The van der Waals surface area contributed by atoms with Crippen LogP contribution in [0.15, 0.2) is 17.1 Å². The molecule has 0 aromatic heterocycles. The second-order valence-corrected chi connectivity index (χ2v) is 6.10. The lowest BCUT2D eigenvalue weighted by molar-refractivity contribution is -0.117. The number of hydrogen-bond donors (Lipinski definition) is 2. The molecule has 1 heterocycles. The van der Waals surface area contributed by atoms with E-state index in [1.54, 1.807) is 0 Å². The molecule has 0 aromatic rings. The average Bonchev–Trinajstić information content (AvgIpc) is 2.96. The number of carbonyl (C=O) groups excluding carboxylic acids is 1. The number of thioether (sulfide) groups is 1. The number of aliphatic hydroxyl groups is 1. The lowest BCUT2D eigenvalue weighted by Crippen LogP contribution is -2.35. The number of amides is 1. The smallest absolute Gasteiger partial charge is 0.261 e. The van der Waals surface area contributed by atoms with Crippen LogP contribution in [0.25, 0.3) is 0 Å². The highest BCUT2D eigenvalue weighted by atomic mass is 32.2. The molecule has 2 aliphatic carbocycles. The third kappa shape index (κ3) is 2.13. The maximum Gasteiger partial charge on any atom is 0.261 e. The number of nitrogens with one attached hydrogen (secondary N) is 1. The second-order valence-electron chi connectivity index (χ2n) is 4.91. The Morgan fingerprint density at radius 2 is 2.35 bits per heavy atom. The summed E-state index contributed by atoms with van der Waals surface area (Å²) >= 11 is 1.46. The highest BCUT2D eigenvalue weighted by Gasteiger charge is 2.37. The van der Waals surface area contributed by atoms with Crippen LogP contribution < -0.4 is 5.32 Å². The Labute approximate surface area is 105 Å². The molecule has 1 amide bonds. The zero-order valence-corrected chi connectivity index (χ0v) is 10.3. The van der Waals surface area contributed by atoms with Crippen LogP contribution >= 0.6 is 11.8 Å². The van der Waals surface area contributed by atoms with Gasteiger partial charge in [-0.25, -0.2) is 0 Å². The summed E-state index contributed by atoms with van der Waals surface area (Å²) in [5.41, 5.74) is 0. The van der Waals surface area contributed by atoms with Crippen LogP contribution in [-0.4, -0.2) is 34.1 Å². The monoisotopic (exact) mass is 252 g/mol. The first-order chi connectivity index (χ1) is 8.26. The molecule has 17 heavy (non-hydrogen) atoms. The number of hydrogen-bond acceptors (Lipinski definition) is 4. The Bertz CT molecular complexity index is 394. The van der Waals surface area contributed by atoms with Gasteiger partial charge in [-0.2, -0.15) is 4.99 Å². The topological polar surface area (TPSA) is 61.7 Å². The number of amidine groups is 1. The molecule has 4 nitrogen and oxygen atoms in total. The van der Waals surface area contributed by atoms with Gasteiger partial charge in [-0.3, -0.25) is 4.79 Å². The third-order valence-electron chi connectivity index (χ3n) is 3.72. The van der Waals surface area contributed by atoms with Gasteiger partial charge in [-0.05, 0) is 31.1 Å². The van der Waals surface area contributed by atoms with Crippen molar-refractivity contribution in [3.05, 3.63) is 12.2 Å². The van der Waals surface area contributed by atoms with E-state index >= 15 is 0 Å². The van der Waals surface area contributed by atoms with Crippen LogP contribution in [0.4, 0.5) is 0 Å². The molecule has 4 atom stereocenters. The largest absolute Gasteiger partial charge is 0.396 e. The van der Waals surface area contributed by atoms with Gasteiger partial charge >= 0.3 is 0 Å². The molecule has 1 aliphatic heterocycles. The van der Waals surface area contributed by atoms with Crippen LogP contribution in [0.2, 0.25) is 0 Å². The van der Waals surface area contributed by atoms with Crippen LogP contribution in [0.5, 0.6) is 0 Å². The van der Waals surface area contributed by atoms with E-state index < -0.39 is 0 Å². The normalized spacial score (nSPS) is 38.9. The molecule has 0 saturated heterocycles. The summed E-state index contributed by atoms with van der Waals surface area (Å²) < 4.78 is 0. The molecule has 3 aliphatic rings. The molecule has 5 heteroatoms. The van der Waals surface area contributed by atoms with Gasteiger partial charge in [0, 0.05) is 12.6 Å². The molecule has 3 rings (SSSR count). The summed E-state index contributed by atoms with van der Waals surface area (Å²) in [4.78, 5) is 15.6. The van der Waals surface area contributed by atoms with E-state index in [4.69, 9.17) is 5.11 Å². The quantitative estimate of drug-likeness (QED) is 0.733. The number of allylic oxidation sites excluding steroid dienone is 1. The predicted molar refractivity (Wildman–Crippen MR) is 67.8 cm³/mol. The highest BCUT2D eigenvalue weighted by molar-refractivity contribution is 8.15. The van der Waals surface area contributed by atoms with Crippen molar-refractivity contribution >= 4 is 22.8 Å². The molecule has 2 N–H and O–H groups in total. The summed E-state index contributed by atoms with van der Waals surface area (Å²) in [7, 11) is 0. The van der Waals surface area contributed by atoms with E-state index in [1.807, 2.05) is 0 Å². The minimum Gasteiger partial charge on any atom is -0.396 e. The fourth-order valence-corrected chi connectivity index (χ4v) is 3.86. The van der Waals surface area contributed by atoms with Gasteiger partial charge in [0.2, 0.25) is 0 Å². The van der Waals surface area contributed by atoms with E-state index in [-0.39, 0.29) is 17.8 Å². The first kappa shape index (κ1) is 11.3. The summed E-state index contributed by atoms with van der Waals surface area (Å²) in [5.74, 6) is 1.22. The second kappa shape index (κ2) is 4.46. The Morgan fingerprint density at radius 3 is 3.00 bits per heavy atom. The molecule has 1 fully saturated rings. The Hall–Kier alpha value is -0.810. The first-order valence-electron chi connectivity index (χ1n) is 6.11. The summed E-state index contributed by atoms with van der Waals surface area (Å²) in [5, 5.41) is 12.8. The van der Waals surface area contributed by atoms with E-state index in [9.17, 15) is 4.79 Å². The average molecular weight is 252 g/mol. The van der Waals surface area contributed by atoms with Gasteiger partial charge in [0.25, 0.3) is 5.91 Å². The fourth-order valence-electron chi connectivity index (χ4n) is 2.85. The maximum atomic E-state index is 11.5. The van der Waals surface area contributed by atoms with Crippen molar-refractivity contribution in [3.63, 3.8) is 0 Å². The Kier molecular flexibility index (Phi) is 2.96. The van der Waals surface area contributed by atoms with Gasteiger partial charge in [0.1, 0.15) is 0 Å². The number of rotatable bonds is 3. The lowest BCUT2D eigenvalue weighted by Gasteiger charge is -2.20. The summed E-state index contributed by atoms with van der Waals surface area (Å²) in [6.07, 6.45) is 7.46. The van der Waals surface area contributed by atoms with Crippen molar-refractivity contribution in [2.75, 3.05) is 6.61 Å². The molecule has 2 bridgehead atoms. The maximum absolute atomic E-state index is 11.5. The van der Waals surface area contributed by atoms with E-state index in [0.29, 0.717) is 24.3 Å². The van der Waals surface area contributed by atoms with Crippen LogP contribution in [0, 0.1) is 11.8 Å². The van der Waals surface area contributed by atoms with Crippen molar-refractivity contribution < 1.29 is 9.90 Å². The number of aliphatic hydroxyl groups excluding tert-OH is 1. The van der Waals surface area contributed by atoms with Crippen molar-refractivity contribution in [2.45, 2.75) is 30.6 Å². The highest BCUT2D eigenvalue weighted by Crippen LogP contribution is 2.39. The molecule has 1 saturated carbocycles. The number of aliphatic imine (C=N–C) groups is 1. The van der Waals surface area contributed by atoms with Crippen LogP contribution in [-0.2, 0) is 4.79 Å². The molecule has 0 radical (unpaired) electrons. The number of fused-ring (bicyclic) bond motifs is 2. The van der Waals surface area contributed by atoms with E-state index in [0.717, 1.165) is 11.6 Å². The van der Waals surface area contributed by atoms with Gasteiger partial charge in [0.05, 0.1) is 5.25 Å². The van der Waals surface area contributed by atoms with Gasteiger partial charge < -0.3 is 10.4 Å². The zero-order chi connectivity index (χ0) is 11.8. The zero-order valence-electron chi connectivity index (χ0n) is 9.50. The van der Waals surface area contributed by atoms with E-state index in [2.05, 4.69) is 22.5 Å². The predicted octanol–water partition coefficient (Wildman–Crippen LogP) is 0.921. The fraction of sp³-hybridized carbons (Fsp3) is 0.667. The Balaban J connectivity index is 1.58. The van der Waals surface area contributed by atoms with Crippen LogP contribution in [0.3, 0.4) is 0 Å². The SMILES string of the molecule is O=C1N=C(NC2CC3C=CC2C3)SC1CCO. The minimum absolute atomic E-state index is 0.0447. The molecule has 0 spiro atoms. The molecular weight excluding hydrogens is 236 g/mol. The van der Waals surface area contributed by atoms with Crippen LogP contribution in [0.1, 0.15) is 19.3 Å². The van der Waals surface area contributed by atoms with E-state index in [1.165, 1.54) is 18.2 Å². The third-order valence-corrected chi connectivity index (χ3v) is 4.87. The summed E-state index contributed by atoms with van der Waals surface area (Å²) in [6, 6.07) is 0.442. The Morgan fingerprint density at radius 1 is 1.47 bits per heavy atom. The lowest BCUT2D eigenvalue weighted by atomic mass is 10.0. The molecular formula is C12H16N2O2S. The first-order valence-corrected chi connectivity index (χ1v) is 6.99. The molecule has 0 aromatic carbocycles. The van der Waals surface area contributed by atoms with Gasteiger partial charge in [-0.1, -0.05) is 23.9 Å². The standard InChI is InChI=1S/C12H16N2O2S/c15-4-3-10-11(16)14-12(17-10)13-9-6-7-1-2-8(9)5-7/h1-2,7-10,15H,3-6H2,(H,13,14,16). The van der Waals surface area contributed by atoms with Gasteiger partial charge in [0.15, 0.2) is 5.17 Å². The van der Waals surface area contributed by atoms with Crippen molar-refractivity contribution in [1.29, 1.82) is 0 Å². The van der Waals surface area contributed by atoms with Crippen molar-refractivity contribution in [2.24, 2.45) is 16.8 Å². The van der Waals surface area contributed by atoms with Crippen molar-refractivity contribution in [3.8, 4) is 0 Å². The minimum atomic E-state index is -0.184. The number of carbonyl (C=O) groups is 1. The summed E-state index contributed by atoms with van der Waals surface area (Å²) in [6.45, 7) is 0.0447. The van der Waals surface area contributed by atoms with Crippen molar-refractivity contribution in [1.82, 2.24) is 5.32 Å². The number of nitrogens with zero attached hydrogens (tertiary/aromatic N) is 1. The van der Waals surface area contributed by atoms with Gasteiger partial charge in [-0.15, -0.1) is 0 Å². The molecule has 92 valence electrons.